The standard InChI is InChI=1S/C16H24N2OS.ClH/c1-3-17-12-13-8-10-18(11-9-13)16(19)14-6-4-5-7-15(14)20-2;/h4-7,13,17H,3,8-12H2,1-2H3;1H. The van der Waals surface area contributed by atoms with Crippen LogP contribution in [0.15, 0.2) is 29.2 Å². The van der Waals surface area contributed by atoms with Gasteiger partial charge in [-0.15, -0.1) is 24.2 Å². The van der Waals surface area contributed by atoms with Crippen molar-refractivity contribution in [2.45, 2.75) is 24.7 Å². The zero-order valence-electron chi connectivity index (χ0n) is 12.8. The molecule has 21 heavy (non-hydrogen) atoms. The highest BCUT2D eigenvalue weighted by Gasteiger charge is 2.24. The van der Waals surface area contributed by atoms with E-state index < -0.39 is 0 Å². The maximum absolute atomic E-state index is 12.6. The number of carbonyl (C=O) groups excluding carboxylic acids is 1. The number of hydrogen-bond donors (Lipinski definition) is 1. The predicted octanol–water partition coefficient (Wildman–Crippen LogP) is 3.29. The molecule has 0 saturated carbocycles. The van der Waals surface area contributed by atoms with Gasteiger partial charge < -0.3 is 10.2 Å². The first kappa shape index (κ1) is 18.3. The largest absolute Gasteiger partial charge is 0.339 e. The lowest BCUT2D eigenvalue weighted by Crippen LogP contribution is -2.40. The van der Waals surface area contributed by atoms with E-state index in [1.807, 2.05) is 35.4 Å². The highest BCUT2D eigenvalue weighted by Crippen LogP contribution is 2.24. The van der Waals surface area contributed by atoms with Crippen molar-refractivity contribution in [3.05, 3.63) is 29.8 Å². The summed E-state index contributed by atoms with van der Waals surface area (Å²) in [4.78, 5) is 15.7. The molecule has 0 radical (unpaired) electrons. The second-order valence-corrected chi connectivity index (χ2v) is 6.09. The molecule has 1 heterocycles. The van der Waals surface area contributed by atoms with Crippen LogP contribution in [0, 0.1) is 5.92 Å². The van der Waals surface area contributed by atoms with Crippen LogP contribution in [0.3, 0.4) is 0 Å². The van der Waals surface area contributed by atoms with Gasteiger partial charge in [0, 0.05) is 18.0 Å². The number of hydrogen-bond acceptors (Lipinski definition) is 3. The molecule has 1 fully saturated rings. The van der Waals surface area contributed by atoms with Gasteiger partial charge in [0.15, 0.2) is 0 Å². The number of rotatable bonds is 5. The fourth-order valence-electron chi connectivity index (χ4n) is 2.68. The van der Waals surface area contributed by atoms with Crippen LogP contribution in [0.5, 0.6) is 0 Å². The molecule has 5 heteroatoms. The molecule has 0 atom stereocenters. The van der Waals surface area contributed by atoms with E-state index in [9.17, 15) is 4.79 Å². The number of likely N-dealkylation sites (tertiary alicyclic amines) is 1. The van der Waals surface area contributed by atoms with Crippen LogP contribution >= 0.6 is 24.2 Å². The second kappa shape index (κ2) is 9.34. The van der Waals surface area contributed by atoms with Crippen LogP contribution in [-0.2, 0) is 0 Å². The van der Waals surface area contributed by atoms with Gasteiger partial charge in [-0.1, -0.05) is 19.1 Å². The summed E-state index contributed by atoms with van der Waals surface area (Å²) in [7, 11) is 0. The van der Waals surface area contributed by atoms with Gasteiger partial charge in [-0.3, -0.25) is 4.79 Å². The summed E-state index contributed by atoms with van der Waals surface area (Å²) >= 11 is 1.64. The summed E-state index contributed by atoms with van der Waals surface area (Å²) in [6.07, 6.45) is 4.25. The normalized spacial score (nSPS) is 15.6. The monoisotopic (exact) mass is 328 g/mol. The first-order valence-corrected chi connectivity index (χ1v) is 8.61. The number of benzene rings is 1. The number of piperidine rings is 1. The Kier molecular flexibility index (Phi) is 8.15. The molecule has 1 N–H and O–H groups in total. The van der Waals surface area contributed by atoms with Crippen LogP contribution in [0.4, 0.5) is 0 Å². The first-order chi connectivity index (χ1) is 9.76. The van der Waals surface area contributed by atoms with Gasteiger partial charge in [0.05, 0.1) is 5.56 Å². The molecule has 2 rings (SSSR count). The lowest BCUT2D eigenvalue weighted by Gasteiger charge is -2.32. The van der Waals surface area contributed by atoms with Crippen molar-refractivity contribution in [1.82, 2.24) is 10.2 Å². The average molecular weight is 329 g/mol. The molecule has 1 amide bonds. The quantitative estimate of drug-likeness (QED) is 0.842. The molecule has 1 saturated heterocycles. The van der Waals surface area contributed by atoms with Crippen molar-refractivity contribution < 1.29 is 4.79 Å². The molecular formula is C16H25ClN2OS. The second-order valence-electron chi connectivity index (χ2n) is 5.24. The van der Waals surface area contributed by atoms with Crippen molar-refractivity contribution in [2.75, 3.05) is 32.4 Å². The predicted molar refractivity (Wildman–Crippen MR) is 92.6 cm³/mol. The minimum atomic E-state index is 0. The van der Waals surface area contributed by atoms with Gasteiger partial charge in [0.1, 0.15) is 0 Å². The maximum Gasteiger partial charge on any atom is 0.254 e. The van der Waals surface area contributed by atoms with E-state index >= 15 is 0 Å². The Balaban J connectivity index is 0.00000220. The summed E-state index contributed by atoms with van der Waals surface area (Å²) in [6, 6.07) is 7.91. The molecule has 1 aromatic rings. The number of amides is 1. The molecule has 0 unspecified atom stereocenters. The average Bonchev–Trinajstić information content (AvgIpc) is 2.52. The van der Waals surface area contributed by atoms with Gasteiger partial charge in [-0.2, -0.15) is 0 Å². The first-order valence-electron chi connectivity index (χ1n) is 7.39. The third kappa shape index (κ3) is 4.90. The van der Waals surface area contributed by atoms with Crippen LogP contribution in [0.1, 0.15) is 30.1 Å². The minimum Gasteiger partial charge on any atom is -0.339 e. The molecular weight excluding hydrogens is 304 g/mol. The van der Waals surface area contributed by atoms with E-state index in [0.29, 0.717) is 0 Å². The Bertz CT molecular complexity index is 448. The summed E-state index contributed by atoms with van der Waals surface area (Å²) in [5, 5.41) is 3.41. The minimum absolute atomic E-state index is 0. The Hall–Kier alpha value is -0.710. The van der Waals surface area contributed by atoms with Crippen LogP contribution in [0.2, 0.25) is 0 Å². The van der Waals surface area contributed by atoms with Crippen molar-refractivity contribution in [3.63, 3.8) is 0 Å². The smallest absolute Gasteiger partial charge is 0.254 e. The van der Waals surface area contributed by atoms with Gasteiger partial charge in [0.2, 0.25) is 0 Å². The molecule has 1 aromatic carbocycles. The molecule has 118 valence electrons. The molecule has 0 aromatic heterocycles. The summed E-state index contributed by atoms with van der Waals surface area (Å²) < 4.78 is 0. The molecule has 1 aliphatic heterocycles. The highest BCUT2D eigenvalue weighted by atomic mass is 35.5. The number of halogens is 1. The van der Waals surface area contributed by atoms with Gasteiger partial charge in [-0.25, -0.2) is 0 Å². The van der Waals surface area contributed by atoms with E-state index in [1.165, 1.54) is 0 Å². The van der Waals surface area contributed by atoms with Crippen molar-refractivity contribution in [1.29, 1.82) is 0 Å². The van der Waals surface area contributed by atoms with Crippen molar-refractivity contribution in [2.24, 2.45) is 5.92 Å². The van der Waals surface area contributed by atoms with Gasteiger partial charge >= 0.3 is 0 Å². The zero-order chi connectivity index (χ0) is 14.4. The van der Waals surface area contributed by atoms with Crippen molar-refractivity contribution in [3.8, 4) is 0 Å². The number of thioether (sulfide) groups is 1. The van der Waals surface area contributed by atoms with Crippen LogP contribution in [-0.4, -0.2) is 43.2 Å². The lowest BCUT2D eigenvalue weighted by atomic mass is 9.96. The van der Waals surface area contributed by atoms with E-state index in [4.69, 9.17) is 0 Å². The Labute approximate surface area is 138 Å². The number of nitrogens with zero attached hydrogens (tertiary/aromatic N) is 1. The lowest BCUT2D eigenvalue weighted by molar-refractivity contribution is 0.0687. The molecule has 0 aliphatic carbocycles. The fourth-order valence-corrected chi connectivity index (χ4v) is 3.27. The van der Waals surface area contributed by atoms with E-state index in [-0.39, 0.29) is 18.3 Å². The maximum atomic E-state index is 12.6. The fraction of sp³-hybridized carbons (Fsp3) is 0.562. The Morgan fingerprint density at radius 2 is 2.00 bits per heavy atom. The molecule has 0 spiro atoms. The van der Waals surface area contributed by atoms with Crippen molar-refractivity contribution >= 4 is 30.1 Å². The summed E-state index contributed by atoms with van der Waals surface area (Å²) in [5.74, 6) is 0.909. The number of nitrogens with one attached hydrogen (secondary N) is 1. The summed E-state index contributed by atoms with van der Waals surface area (Å²) in [6.45, 7) is 6.02. The topological polar surface area (TPSA) is 32.3 Å². The van der Waals surface area contributed by atoms with Gasteiger partial charge in [-0.05, 0) is 50.2 Å². The van der Waals surface area contributed by atoms with Gasteiger partial charge in [0.25, 0.3) is 5.91 Å². The molecule has 0 bridgehead atoms. The van der Waals surface area contributed by atoms with Crippen LogP contribution < -0.4 is 5.32 Å². The Morgan fingerprint density at radius 1 is 1.33 bits per heavy atom. The summed E-state index contributed by atoms with van der Waals surface area (Å²) in [5.41, 5.74) is 0.852. The molecule has 3 nitrogen and oxygen atoms in total. The van der Waals surface area contributed by atoms with Crippen LogP contribution in [0.25, 0.3) is 0 Å². The third-order valence-corrected chi connectivity index (χ3v) is 4.72. The zero-order valence-corrected chi connectivity index (χ0v) is 14.4. The SMILES string of the molecule is CCNCC1CCN(C(=O)c2ccccc2SC)CC1.Cl. The highest BCUT2D eigenvalue weighted by molar-refractivity contribution is 7.98. The van der Waals surface area contributed by atoms with E-state index in [0.717, 1.165) is 55.4 Å². The Morgan fingerprint density at radius 3 is 2.62 bits per heavy atom. The van der Waals surface area contributed by atoms with E-state index in [2.05, 4.69) is 12.2 Å². The number of carbonyl (C=O) groups is 1. The molecule has 1 aliphatic rings. The van der Waals surface area contributed by atoms with E-state index in [1.54, 1.807) is 11.8 Å². The third-order valence-electron chi connectivity index (χ3n) is 3.92.